The number of aromatic nitrogens is 4. The first-order valence-electron chi connectivity index (χ1n) is 8.10. The maximum absolute atomic E-state index is 5.72. The van der Waals surface area contributed by atoms with E-state index in [2.05, 4.69) is 39.4 Å². The molecule has 7 heteroatoms. The molecular formula is C17H18N4O2S. The fraction of sp³-hybridized carbons (Fsp3) is 0.412. The van der Waals surface area contributed by atoms with E-state index < -0.39 is 0 Å². The van der Waals surface area contributed by atoms with Crippen LogP contribution >= 0.6 is 11.8 Å². The van der Waals surface area contributed by atoms with Gasteiger partial charge in [-0.15, -0.1) is 10.2 Å². The second-order valence-electron chi connectivity index (χ2n) is 6.09. The van der Waals surface area contributed by atoms with Gasteiger partial charge in [-0.1, -0.05) is 54.2 Å². The highest BCUT2D eigenvalue weighted by Crippen LogP contribution is 2.39. The SMILES string of the molecule is C[C@H](Cc1nnc(SCc2noc(C3CC3)n2)o1)c1ccccc1. The van der Waals surface area contributed by atoms with E-state index in [9.17, 15) is 0 Å². The first-order valence-corrected chi connectivity index (χ1v) is 9.09. The van der Waals surface area contributed by atoms with E-state index in [0.29, 0.717) is 34.5 Å². The van der Waals surface area contributed by atoms with Crippen LogP contribution < -0.4 is 0 Å². The van der Waals surface area contributed by atoms with Gasteiger partial charge in [0.2, 0.25) is 11.8 Å². The van der Waals surface area contributed by atoms with Gasteiger partial charge in [-0.3, -0.25) is 0 Å². The molecule has 0 bridgehead atoms. The van der Waals surface area contributed by atoms with Crippen molar-refractivity contribution in [1.82, 2.24) is 20.3 Å². The average molecular weight is 342 g/mol. The highest BCUT2D eigenvalue weighted by atomic mass is 32.2. The van der Waals surface area contributed by atoms with E-state index in [0.717, 1.165) is 25.2 Å². The fourth-order valence-corrected chi connectivity index (χ4v) is 3.11. The van der Waals surface area contributed by atoms with Gasteiger partial charge in [-0.25, -0.2) is 0 Å². The second kappa shape index (κ2) is 6.76. The van der Waals surface area contributed by atoms with Crippen LogP contribution in [0.3, 0.4) is 0 Å². The van der Waals surface area contributed by atoms with Crippen molar-refractivity contribution in [3.8, 4) is 0 Å². The molecule has 0 spiro atoms. The lowest BCUT2D eigenvalue weighted by molar-refractivity contribution is 0.375. The average Bonchev–Trinajstić information content (AvgIpc) is 3.19. The minimum Gasteiger partial charge on any atom is -0.416 e. The Hall–Kier alpha value is -2.15. The van der Waals surface area contributed by atoms with Crippen LogP contribution in [0.5, 0.6) is 0 Å². The Kier molecular flexibility index (Phi) is 4.34. The molecule has 1 aliphatic rings. The van der Waals surface area contributed by atoms with Crippen LogP contribution in [-0.4, -0.2) is 20.3 Å². The van der Waals surface area contributed by atoms with Gasteiger partial charge in [0.15, 0.2) is 5.82 Å². The van der Waals surface area contributed by atoms with Gasteiger partial charge in [0.05, 0.1) is 5.75 Å². The lowest BCUT2D eigenvalue weighted by Gasteiger charge is -2.08. The number of hydrogen-bond acceptors (Lipinski definition) is 7. The summed E-state index contributed by atoms with van der Waals surface area (Å²) in [4.78, 5) is 4.39. The van der Waals surface area contributed by atoms with Gasteiger partial charge < -0.3 is 8.94 Å². The van der Waals surface area contributed by atoms with Crippen molar-refractivity contribution in [2.24, 2.45) is 0 Å². The summed E-state index contributed by atoms with van der Waals surface area (Å²) in [7, 11) is 0. The number of nitrogens with zero attached hydrogens (tertiary/aromatic N) is 4. The van der Waals surface area contributed by atoms with Crippen LogP contribution in [0.15, 0.2) is 44.5 Å². The zero-order chi connectivity index (χ0) is 16.4. The van der Waals surface area contributed by atoms with Crippen molar-refractivity contribution in [1.29, 1.82) is 0 Å². The van der Waals surface area contributed by atoms with Crippen molar-refractivity contribution >= 4 is 11.8 Å². The summed E-state index contributed by atoms with van der Waals surface area (Å²) in [5.41, 5.74) is 1.27. The van der Waals surface area contributed by atoms with Crippen molar-refractivity contribution in [2.75, 3.05) is 0 Å². The first-order chi connectivity index (χ1) is 11.8. The van der Waals surface area contributed by atoms with E-state index in [-0.39, 0.29) is 0 Å². The molecule has 1 atom stereocenters. The smallest absolute Gasteiger partial charge is 0.277 e. The molecule has 24 heavy (non-hydrogen) atoms. The van der Waals surface area contributed by atoms with Crippen molar-refractivity contribution in [2.45, 2.75) is 49.0 Å². The van der Waals surface area contributed by atoms with Gasteiger partial charge in [-0.2, -0.15) is 4.98 Å². The Morgan fingerprint density at radius 2 is 2.04 bits per heavy atom. The molecule has 0 saturated heterocycles. The molecule has 0 radical (unpaired) electrons. The van der Waals surface area contributed by atoms with E-state index >= 15 is 0 Å². The number of benzene rings is 1. The molecule has 6 nitrogen and oxygen atoms in total. The zero-order valence-electron chi connectivity index (χ0n) is 13.4. The van der Waals surface area contributed by atoms with Gasteiger partial charge >= 0.3 is 0 Å². The Morgan fingerprint density at radius 1 is 1.21 bits per heavy atom. The molecule has 1 fully saturated rings. The molecule has 3 aromatic rings. The minimum absolute atomic E-state index is 0.336. The largest absolute Gasteiger partial charge is 0.416 e. The van der Waals surface area contributed by atoms with Crippen LogP contribution in [0.4, 0.5) is 0 Å². The molecule has 1 saturated carbocycles. The first kappa shape index (κ1) is 15.4. The standard InChI is InChI=1S/C17H18N4O2S/c1-11(12-5-3-2-4-6-12)9-15-19-20-17(22-15)24-10-14-18-16(23-21-14)13-7-8-13/h2-6,11,13H,7-10H2,1H3/t11-/m1/s1. The molecule has 0 N–H and O–H groups in total. The quantitative estimate of drug-likeness (QED) is 0.601. The third kappa shape index (κ3) is 3.67. The third-order valence-electron chi connectivity index (χ3n) is 4.03. The van der Waals surface area contributed by atoms with Crippen LogP contribution in [0.1, 0.15) is 54.8 Å². The van der Waals surface area contributed by atoms with Crippen LogP contribution in [0.2, 0.25) is 0 Å². The van der Waals surface area contributed by atoms with Crippen molar-refractivity contribution in [3.63, 3.8) is 0 Å². The van der Waals surface area contributed by atoms with Gasteiger partial charge in [0, 0.05) is 12.3 Å². The zero-order valence-corrected chi connectivity index (χ0v) is 14.2. The lowest BCUT2D eigenvalue weighted by atomic mass is 9.98. The van der Waals surface area contributed by atoms with E-state index in [4.69, 9.17) is 8.94 Å². The number of thioether (sulfide) groups is 1. The van der Waals surface area contributed by atoms with E-state index in [1.807, 2.05) is 18.2 Å². The Balaban J connectivity index is 1.32. The molecule has 0 aliphatic heterocycles. The highest BCUT2D eigenvalue weighted by Gasteiger charge is 2.29. The molecule has 0 amide bonds. The van der Waals surface area contributed by atoms with E-state index in [1.165, 1.54) is 17.3 Å². The van der Waals surface area contributed by atoms with Crippen LogP contribution in [-0.2, 0) is 12.2 Å². The van der Waals surface area contributed by atoms with Gasteiger partial charge in [-0.05, 0) is 24.3 Å². The molecule has 2 aromatic heterocycles. The van der Waals surface area contributed by atoms with Crippen LogP contribution in [0.25, 0.3) is 0 Å². The summed E-state index contributed by atoms with van der Waals surface area (Å²) in [5, 5.41) is 12.8. The molecule has 4 rings (SSSR count). The maximum Gasteiger partial charge on any atom is 0.277 e. The Morgan fingerprint density at radius 3 is 2.83 bits per heavy atom. The summed E-state index contributed by atoms with van der Waals surface area (Å²) in [5.74, 6) is 3.48. The molecular weight excluding hydrogens is 324 g/mol. The summed E-state index contributed by atoms with van der Waals surface area (Å²) >= 11 is 1.44. The van der Waals surface area contributed by atoms with Gasteiger partial charge in [0.1, 0.15) is 0 Å². The summed E-state index contributed by atoms with van der Waals surface area (Å²) in [6.45, 7) is 2.16. The minimum atomic E-state index is 0.336. The van der Waals surface area contributed by atoms with Crippen molar-refractivity contribution < 1.29 is 8.94 Å². The molecule has 1 aromatic carbocycles. The highest BCUT2D eigenvalue weighted by molar-refractivity contribution is 7.98. The van der Waals surface area contributed by atoms with Gasteiger partial charge in [0.25, 0.3) is 5.22 Å². The Bertz CT molecular complexity index is 798. The predicted molar refractivity (Wildman–Crippen MR) is 88.7 cm³/mol. The van der Waals surface area contributed by atoms with E-state index in [1.54, 1.807) is 0 Å². The fourth-order valence-electron chi connectivity index (χ4n) is 2.49. The second-order valence-corrected chi connectivity index (χ2v) is 7.02. The molecule has 2 heterocycles. The number of rotatable bonds is 7. The third-order valence-corrected chi connectivity index (χ3v) is 4.85. The lowest BCUT2D eigenvalue weighted by Crippen LogP contribution is -1.98. The maximum atomic E-state index is 5.72. The summed E-state index contributed by atoms with van der Waals surface area (Å²) < 4.78 is 11.0. The van der Waals surface area contributed by atoms with Crippen LogP contribution in [0, 0.1) is 0 Å². The van der Waals surface area contributed by atoms with Crippen molar-refractivity contribution in [3.05, 3.63) is 53.5 Å². The molecule has 124 valence electrons. The molecule has 0 unspecified atom stereocenters. The predicted octanol–water partition coefficient (Wildman–Crippen LogP) is 3.97. The normalized spacial score (nSPS) is 15.5. The number of hydrogen-bond donors (Lipinski definition) is 0. The molecule has 1 aliphatic carbocycles. The Labute approximate surface area is 144 Å². The summed E-state index contributed by atoms with van der Waals surface area (Å²) in [6.07, 6.45) is 3.04. The topological polar surface area (TPSA) is 77.8 Å². The summed E-state index contributed by atoms with van der Waals surface area (Å²) in [6, 6.07) is 10.3. The monoisotopic (exact) mass is 342 g/mol.